The molecule has 0 bridgehead atoms. The molecule has 0 aliphatic rings. The molecule has 0 spiro atoms. The van der Waals surface area contributed by atoms with Gasteiger partial charge in [0, 0.05) is 17.6 Å². The second-order valence-corrected chi connectivity index (χ2v) is 5.99. The first-order chi connectivity index (χ1) is 7.44. The summed E-state index contributed by atoms with van der Waals surface area (Å²) >= 11 is 3.57. The summed E-state index contributed by atoms with van der Waals surface area (Å²) in [5, 5.41) is 0. The third kappa shape index (κ3) is 4.24. The molecule has 1 aromatic carbocycles. The van der Waals surface area contributed by atoms with Crippen LogP contribution in [-0.4, -0.2) is 25.0 Å². The lowest BCUT2D eigenvalue weighted by Gasteiger charge is -2.29. The summed E-state index contributed by atoms with van der Waals surface area (Å²) in [5.41, 5.74) is 7.24. The summed E-state index contributed by atoms with van der Waals surface area (Å²) in [4.78, 5) is 2.31. The first kappa shape index (κ1) is 13.7. The minimum atomic E-state index is 0.177. The van der Waals surface area contributed by atoms with Crippen LogP contribution in [0, 0.1) is 5.41 Å². The Hall–Kier alpha value is -0.380. The van der Waals surface area contributed by atoms with E-state index < -0.39 is 0 Å². The van der Waals surface area contributed by atoms with Crippen molar-refractivity contribution in [2.45, 2.75) is 20.4 Å². The fraction of sp³-hybridized carbons (Fsp3) is 0.538. The predicted molar refractivity (Wildman–Crippen MR) is 73.3 cm³/mol. The second-order valence-electron chi connectivity index (χ2n) is 5.13. The average molecular weight is 285 g/mol. The Morgan fingerprint density at radius 2 is 1.94 bits per heavy atom. The van der Waals surface area contributed by atoms with Crippen molar-refractivity contribution in [1.29, 1.82) is 0 Å². The lowest BCUT2D eigenvalue weighted by molar-refractivity contribution is 0.209. The number of rotatable bonds is 5. The Kier molecular flexibility index (Phi) is 4.96. The zero-order valence-electron chi connectivity index (χ0n) is 10.3. The molecule has 0 aliphatic heterocycles. The number of halogens is 1. The summed E-state index contributed by atoms with van der Waals surface area (Å²) in [5.74, 6) is 0. The molecule has 0 aliphatic carbocycles. The summed E-state index contributed by atoms with van der Waals surface area (Å²) < 4.78 is 1.17. The van der Waals surface area contributed by atoms with Gasteiger partial charge in [-0.15, -0.1) is 0 Å². The van der Waals surface area contributed by atoms with Crippen LogP contribution in [0.4, 0.5) is 0 Å². The van der Waals surface area contributed by atoms with Gasteiger partial charge in [-0.3, -0.25) is 0 Å². The minimum absolute atomic E-state index is 0.177. The van der Waals surface area contributed by atoms with Gasteiger partial charge in [0.15, 0.2) is 0 Å². The van der Waals surface area contributed by atoms with E-state index >= 15 is 0 Å². The third-order valence-corrected chi connectivity index (χ3v) is 3.42. The lowest BCUT2D eigenvalue weighted by atomic mass is 9.93. The molecule has 0 atom stereocenters. The van der Waals surface area contributed by atoms with E-state index in [-0.39, 0.29) is 5.41 Å². The van der Waals surface area contributed by atoms with Gasteiger partial charge in [0.25, 0.3) is 0 Å². The van der Waals surface area contributed by atoms with E-state index in [0.717, 1.165) is 13.1 Å². The smallest absolute Gasteiger partial charge is 0.0242 e. The molecule has 0 saturated carbocycles. The molecule has 0 aromatic heterocycles. The predicted octanol–water partition coefficient (Wildman–Crippen LogP) is 2.87. The summed E-state index contributed by atoms with van der Waals surface area (Å²) in [7, 11) is 2.14. The normalized spacial score (nSPS) is 12.1. The van der Waals surface area contributed by atoms with Gasteiger partial charge in [-0.05, 0) is 30.6 Å². The number of benzene rings is 1. The van der Waals surface area contributed by atoms with Crippen molar-refractivity contribution in [3.05, 3.63) is 34.3 Å². The second kappa shape index (κ2) is 5.80. The largest absolute Gasteiger partial charge is 0.330 e. The molecule has 90 valence electrons. The quantitative estimate of drug-likeness (QED) is 0.901. The fourth-order valence-electron chi connectivity index (χ4n) is 1.77. The standard InChI is InChI=1S/C13H21BrN2/c1-13(2,9-15)10-16(3)8-11-6-4-5-7-12(11)14/h4-7H,8-10,15H2,1-3H3. The average Bonchev–Trinajstić information content (AvgIpc) is 2.21. The molecule has 0 heterocycles. The van der Waals surface area contributed by atoms with Crippen LogP contribution in [0.5, 0.6) is 0 Å². The maximum Gasteiger partial charge on any atom is 0.0242 e. The molecule has 2 nitrogen and oxygen atoms in total. The van der Waals surface area contributed by atoms with Gasteiger partial charge in [0.1, 0.15) is 0 Å². The van der Waals surface area contributed by atoms with E-state index in [1.54, 1.807) is 0 Å². The SMILES string of the molecule is CN(Cc1ccccc1Br)CC(C)(C)CN. The highest BCUT2D eigenvalue weighted by Gasteiger charge is 2.18. The van der Waals surface area contributed by atoms with Crippen LogP contribution in [-0.2, 0) is 6.54 Å². The highest BCUT2D eigenvalue weighted by molar-refractivity contribution is 9.10. The topological polar surface area (TPSA) is 29.3 Å². The maximum atomic E-state index is 5.74. The third-order valence-electron chi connectivity index (χ3n) is 2.65. The first-order valence-corrected chi connectivity index (χ1v) is 6.36. The van der Waals surface area contributed by atoms with E-state index in [1.165, 1.54) is 10.0 Å². The van der Waals surface area contributed by atoms with Crippen molar-refractivity contribution < 1.29 is 0 Å². The number of hydrogen-bond acceptors (Lipinski definition) is 2. The van der Waals surface area contributed by atoms with Crippen molar-refractivity contribution in [2.75, 3.05) is 20.1 Å². The number of hydrogen-bond donors (Lipinski definition) is 1. The zero-order valence-corrected chi connectivity index (χ0v) is 11.9. The van der Waals surface area contributed by atoms with Gasteiger partial charge in [-0.2, -0.15) is 0 Å². The van der Waals surface area contributed by atoms with E-state index in [2.05, 4.69) is 59.9 Å². The van der Waals surface area contributed by atoms with Crippen molar-refractivity contribution in [3.63, 3.8) is 0 Å². The summed E-state index contributed by atoms with van der Waals surface area (Å²) in [6.07, 6.45) is 0. The van der Waals surface area contributed by atoms with Crippen molar-refractivity contribution >= 4 is 15.9 Å². The molecular weight excluding hydrogens is 264 g/mol. The lowest BCUT2D eigenvalue weighted by Crippen LogP contribution is -2.36. The van der Waals surface area contributed by atoms with Gasteiger partial charge in [-0.1, -0.05) is 48.0 Å². The van der Waals surface area contributed by atoms with Crippen LogP contribution >= 0.6 is 15.9 Å². The van der Waals surface area contributed by atoms with Gasteiger partial charge in [0.2, 0.25) is 0 Å². The molecule has 0 saturated heterocycles. The van der Waals surface area contributed by atoms with Crippen molar-refractivity contribution in [3.8, 4) is 0 Å². The Bertz CT molecular complexity index is 336. The highest BCUT2D eigenvalue weighted by atomic mass is 79.9. The summed E-state index contributed by atoms with van der Waals surface area (Å²) in [6, 6.07) is 8.34. The summed E-state index contributed by atoms with van der Waals surface area (Å²) in [6.45, 7) is 7.07. The monoisotopic (exact) mass is 284 g/mol. The molecule has 3 heteroatoms. The molecule has 0 amide bonds. The molecular formula is C13H21BrN2. The minimum Gasteiger partial charge on any atom is -0.330 e. The van der Waals surface area contributed by atoms with E-state index in [9.17, 15) is 0 Å². The Balaban J connectivity index is 2.58. The Morgan fingerprint density at radius 3 is 2.50 bits per heavy atom. The van der Waals surface area contributed by atoms with Crippen LogP contribution in [0.2, 0.25) is 0 Å². The van der Waals surface area contributed by atoms with Gasteiger partial charge < -0.3 is 10.6 Å². The molecule has 2 N–H and O–H groups in total. The van der Waals surface area contributed by atoms with E-state index in [1.807, 2.05) is 6.07 Å². The van der Waals surface area contributed by atoms with Crippen molar-refractivity contribution in [2.24, 2.45) is 11.1 Å². The van der Waals surface area contributed by atoms with Gasteiger partial charge in [0.05, 0.1) is 0 Å². The molecule has 1 rings (SSSR count). The Morgan fingerprint density at radius 1 is 1.31 bits per heavy atom. The van der Waals surface area contributed by atoms with E-state index in [0.29, 0.717) is 6.54 Å². The van der Waals surface area contributed by atoms with Gasteiger partial charge >= 0.3 is 0 Å². The fourth-order valence-corrected chi connectivity index (χ4v) is 2.18. The van der Waals surface area contributed by atoms with Crippen LogP contribution in [0.3, 0.4) is 0 Å². The molecule has 0 fully saturated rings. The van der Waals surface area contributed by atoms with Gasteiger partial charge in [-0.25, -0.2) is 0 Å². The molecule has 16 heavy (non-hydrogen) atoms. The molecule has 0 radical (unpaired) electrons. The van der Waals surface area contributed by atoms with E-state index in [4.69, 9.17) is 5.73 Å². The van der Waals surface area contributed by atoms with Crippen LogP contribution in [0.25, 0.3) is 0 Å². The first-order valence-electron chi connectivity index (χ1n) is 5.56. The number of nitrogens with two attached hydrogens (primary N) is 1. The molecule has 0 unspecified atom stereocenters. The Labute approximate surface area is 107 Å². The number of nitrogens with zero attached hydrogens (tertiary/aromatic N) is 1. The van der Waals surface area contributed by atoms with Crippen LogP contribution in [0.15, 0.2) is 28.7 Å². The zero-order chi connectivity index (χ0) is 12.2. The maximum absolute atomic E-state index is 5.74. The molecule has 1 aromatic rings. The van der Waals surface area contributed by atoms with Crippen LogP contribution in [0.1, 0.15) is 19.4 Å². The van der Waals surface area contributed by atoms with Crippen molar-refractivity contribution in [1.82, 2.24) is 4.90 Å². The highest BCUT2D eigenvalue weighted by Crippen LogP contribution is 2.20. The van der Waals surface area contributed by atoms with Crippen LogP contribution < -0.4 is 5.73 Å².